The number of nitrogens with one attached hydrogen (secondary N) is 4. The number of rotatable bonds is 30. The maximum absolute atomic E-state index is 16.1. The summed E-state index contributed by atoms with van der Waals surface area (Å²) in [5.74, 6) is -3.89. The van der Waals surface area contributed by atoms with Crippen LogP contribution in [-0.4, -0.2) is 106 Å². The number of barbiturate groups is 1. The van der Waals surface area contributed by atoms with E-state index in [1.54, 1.807) is 172 Å². The van der Waals surface area contributed by atoms with Gasteiger partial charge in [-0.3, -0.25) is 30.9 Å². The fourth-order valence-electron chi connectivity index (χ4n) is 12.8. The minimum absolute atomic E-state index is 0.0214. The number of benzene rings is 9. The molecule has 640 valence electrons. The predicted molar refractivity (Wildman–Crippen MR) is 484 cm³/mol. The lowest BCUT2D eigenvalue weighted by Crippen LogP contribution is -2.60. The average Bonchev–Trinajstić information content (AvgIpc) is 0.731. The van der Waals surface area contributed by atoms with E-state index >= 15 is 28.8 Å². The number of hydrogen-bond acceptors (Lipinski definition) is 22. The third-order valence-electron chi connectivity index (χ3n) is 20.2. The summed E-state index contributed by atoms with van der Waals surface area (Å²) in [6.07, 6.45) is 3.54. The van der Waals surface area contributed by atoms with E-state index in [4.69, 9.17) is 18.9 Å². The Hall–Kier alpha value is -15.4. The average molecular weight is 1690 g/mol. The minimum atomic E-state index is -1.84. The topological polar surface area (TPSA) is 376 Å². The van der Waals surface area contributed by atoms with E-state index in [9.17, 15) is 19.2 Å². The normalized spacial score (nSPS) is 12.1. The van der Waals surface area contributed by atoms with Gasteiger partial charge in [0.05, 0.1) is 100 Å². The van der Waals surface area contributed by atoms with Gasteiger partial charge in [0, 0.05) is 22.7 Å². The number of aromatic nitrogens is 3. The summed E-state index contributed by atoms with van der Waals surface area (Å²) in [6, 6.07) is 52.2. The zero-order chi connectivity index (χ0) is 89.5. The van der Waals surface area contributed by atoms with Gasteiger partial charge >= 0.3 is 47.5 Å². The number of aliphatic imine (C=N–C) groups is 8. The van der Waals surface area contributed by atoms with Crippen LogP contribution in [0.2, 0.25) is 0 Å². The van der Waals surface area contributed by atoms with Crippen molar-refractivity contribution < 1.29 is 52.5 Å². The number of urea groups is 1. The lowest BCUT2D eigenvalue weighted by Gasteiger charge is -2.38. The molecule has 1 unspecified atom stereocenters. The maximum Gasteiger partial charge on any atom is 0.411 e. The first-order valence-corrected chi connectivity index (χ1v) is 40.8. The molecule has 2 heterocycles. The second-order valence-corrected chi connectivity index (χ2v) is 29.6. The Morgan fingerprint density at radius 2 is 0.576 bits per heavy atom. The van der Waals surface area contributed by atoms with Crippen LogP contribution in [0.3, 0.4) is 0 Å². The molecule has 8 amide bonds. The van der Waals surface area contributed by atoms with Crippen LogP contribution in [0.5, 0.6) is 0 Å². The molecular formula is C94H95N17O14. The smallest absolute Gasteiger partial charge is 0.411 e. The third kappa shape index (κ3) is 22.6. The van der Waals surface area contributed by atoms with Gasteiger partial charge in [-0.15, -0.1) is 0 Å². The highest BCUT2D eigenvalue weighted by molar-refractivity contribution is 6.39. The molecule has 125 heavy (non-hydrogen) atoms. The summed E-state index contributed by atoms with van der Waals surface area (Å²) >= 11 is 0. The van der Waals surface area contributed by atoms with Crippen molar-refractivity contribution in [1.82, 2.24) is 13.7 Å². The van der Waals surface area contributed by atoms with E-state index in [0.717, 1.165) is 66.9 Å². The van der Waals surface area contributed by atoms with Crippen molar-refractivity contribution in [2.75, 3.05) is 57.5 Å². The van der Waals surface area contributed by atoms with Crippen molar-refractivity contribution in [1.29, 1.82) is 0 Å². The van der Waals surface area contributed by atoms with E-state index in [1.807, 2.05) is 27.7 Å². The molecule has 0 saturated carbocycles. The molecule has 1 fully saturated rings. The maximum atomic E-state index is 16.1. The van der Waals surface area contributed by atoms with Crippen molar-refractivity contribution >= 4 is 146 Å². The van der Waals surface area contributed by atoms with E-state index < -0.39 is 65.2 Å². The first-order chi connectivity index (χ1) is 60.2. The lowest BCUT2D eigenvalue weighted by molar-refractivity contribution is -0.129. The number of imide groups is 2. The Morgan fingerprint density at radius 1 is 0.312 bits per heavy atom. The van der Waals surface area contributed by atoms with Crippen LogP contribution in [0.15, 0.2) is 218 Å². The zero-order valence-electron chi connectivity index (χ0n) is 71.7. The van der Waals surface area contributed by atoms with Gasteiger partial charge in [-0.1, -0.05) is 108 Å². The molecule has 11 rings (SSSR count). The number of anilines is 6. The molecule has 31 nitrogen and oxygen atoms in total. The van der Waals surface area contributed by atoms with Crippen molar-refractivity contribution in [2.45, 2.75) is 147 Å². The van der Waals surface area contributed by atoms with Crippen molar-refractivity contribution in [3.63, 3.8) is 0 Å². The first kappa shape index (κ1) is 90.4. The van der Waals surface area contributed by atoms with Crippen LogP contribution in [0.25, 0.3) is 17.1 Å². The highest BCUT2D eigenvalue weighted by Gasteiger charge is 2.49. The summed E-state index contributed by atoms with van der Waals surface area (Å²) in [6.45, 7) is 24.4. The summed E-state index contributed by atoms with van der Waals surface area (Å²) < 4.78 is 23.5. The first-order valence-electron chi connectivity index (χ1n) is 40.8. The van der Waals surface area contributed by atoms with Crippen LogP contribution in [-0.2, 0) is 28.5 Å². The quantitative estimate of drug-likeness (QED) is 0.0141. The fourth-order valence-corrected chi connectivity index (χ4v) is 12.8. The van der Waals surface area contributed by atoms with E-state index in [2.05, 4.69) is 85.2 Å². The van der Waals surface area contributed by atoms with Gasteiger partial charge < -0.3 is 18.9 Å². The molecule has 0 radical (unpaired) electrons. The zero-order valence-corrected chi connectivity index (χ0v) is 71.7. The molecule has 1 aromatic heterocycles. The van der Waals surface area contributed by atoms with Gasteiger partial charge in [0.2, 0.25) is 0 Å². The monoisotopic (exact) mass is 1690 g/mol. The second kappa shape index (κ2) is 42.2. The van der Waals surface area contributed by atoms with Gasteiger partial charge in [0.1, 0.15) is 30.0 Å². The van der Waals surface area contributed by atoms with Gasteiger partial charge in [-0.2, -0.15) is 39.9 Å². The third-order valence-corrected chi connectivity index (χ3v) is 20.2. The minimum Gasteiger partial charge on any atom is -0.449 e. The summed E-state index contributed by atoms with van der Waals surface area (Å²) in [5.41, 5.74) is 4.61. The molecule has 4 N–H and O–H groups in total. The molecule has 0 spiro atoms. The second-order valence-electron chi connectivity index (χ2n) is 29.6. The summed E-state index contributed by atoms with van der Waals surface area (Å²) in [7, 11) is 0. The Labute approximate surface area is 721 Å². The Kier molecular flexibility index (Phi) is 30.5. The van der Waals surface area contributed by atoms with E-state index in [-0.39, 0.29) is 88.7 Å². The number of carbonyl (C=O) groups excluding carboxylic acids is 7. The molecule has 1 atom stereocenters. The van der Waals surface area contributed by atoms with Crippen LogP contribution < -0.4 is 48.1 Å². The van der Waals surface area contributed by atoms with Crippen molar-refractivity contribution in [2.24, 2.45) is 39.9 Å². The van der Waals surface area contributed by atoms with E-state index in [0.29, 0.717) is 98.0 Å². The molecule has 1 saturated heterocycles. The van der Waals surface area contributed by atoms with E-state index in [1.165, 1.54) is 54.6 Å². The number of ether oxygens (including phenoxy) is 4. The molecule has 0 bridgehead atoms. The Bertz CT molecular complexity index is 6010. The SMILES string of the molecule is CCCCOC(=O)Nc1cc(N=C=Nc2ccc(C)c(C3C(=O)N(c4cc(N=C=Nc5ccc(C)c(NC(=O)OCCCC)c5)ccc4C)C(=O)N(c4cc(-n5c(=O)n(-c6ccc(C)c(N=C=Nc7ccc(C)c(NC(=O)OCCCC)c7)c6)c(=O)n(-c6ccc(C)c(N=C=Nc7ccc(C)c(NC(=O)OCCCC)c7)c6)c5=O)ccc4C)C3=O)c2)ccc1C. The number of nitrogens with zero attached hydrogens (tertiary/aromatic N) is 13. The standard InChI is InChI=1S/C94H95N17O14/c1-14-18-40-122-87(114)103-78-45-67(32-23-60(78)8)96-53-95-66-31-22-57(5)75(44-66)84-85(112)110(82-49-71(36-27-64(82)12)98-54-97-68-33-24-61(9)79(46-68)104-88(115)123-41-19-15-2)94(121)111(86(84)113)83-52-74(39-30-65(83)13)109-92(119)107(72-37-28-58(6)76(50-72)101-55-99-69-34-25-62(10)80(47-69)105-89(116)124-42-20-16-3)91(118)108(93(109)120)73-38-29-59(7)77(51-73)102-56-100-70-35-26-63(11)81(48-70)106-90(117)125-43-21-17-4/h22-39,44-52,84H,14-21,40-43H2,1-13H3,(H,103,114)(H,104,115)(H,105,116)(H,106,117). The fraction of sp³-hybridized carbons (Fsp3) is 0.277. The predicted octanol–water partition coefficient (Wildman–Crippen LogP) is 21.1. The number of hydrogen-bond donors (Lipinski definition) is 4. The van der Waals surface area contributed by atoms with Crippen LogP contribution >= 0.6 is 0 Å². The van der Waals surface area contributed by atoms with Gasteiger partial charge in [-0.25, -0.2) is 61.9 Å². The molecule has 31 heteroatoms. The molecule has 1 aliphatic heterocycles. The van der Waals surface area contributed by atoms with Gasteiger partial charge in [0.25, 0.3) is 11.8 Å². The number of unbranched alkanes of at least 4 members (excludes halogenated alkanes) is 4. The lowest BCUT2D eigenvalue weighted by atomic mass is 9.89. The molecule has 1 aliphatic rings. The van der Waals surface area contributed by atoms with Gasteiger partial charge in [0.15, 0.2) is 0 Å². The summed E-state index contributed by atoms with van der Waals surface area (Å²) in [4.78, 5) is 184. The number of aryl methyl sites for hydroxylation is 9. The number of amides is 8. The van der Waals surface area contributed by atoms with Crippen molar-refractivity contribution in [3.8, 4) is 17.1 Å². The van der Waals surface area contributed by atoms with Crippen LogP contribution in [0.4, 0.5) is 104 Å². The molecule has 0 aliphatic carbocycles. The highest BCUT2D eigenvalue weighted by Crippen LogP contribution is 2.41. The Balaban J connectivity index is 1.05. The molecular weight excluding hydrogens is 1590 g/mol. The van der Waals surface area contributed by atoms with Crippen LogP contribution in [0.1, 0.15) is 141 Å². The van der Waals surface area contributed by atoms with Gasteiger partial charge in [-0.05, 0) is 253 Å². The molecule has 10 aromatic rings. The number of carbonyl (C=O) groups is 7. The largest absolute Gasteiger partial charge is 0.449 e. The van der Waals surface area contributed by atoms with Crippen molar-refractivity contribution in [3.05, 3.63) is 251 Å². The highest BCUT2D eigenvalue weighted by atomic mass is 16.6. The molecule has 9 aromatic carbocycles. The Morgan fingerprint density at radius 3 is 0.904 bits per heavy atom. The summed E-state index contributed by atoms with van der Waals surface area (Å²) in [5, 5.41) is 11.0. The van der Waals surface area contributed by atoms with Crippen LogP contribution in [0, 0.1) is 62.3 Å².